The summed E-state index contributed by atoms with van der Waals surface area (Å²) in [5.74, 6) is 0.862. The Morgan fingerprint density at radius 3 is 2.80 bits per heavy atom. The van der Waals surface area contributed by atoms with Crippen molar-refractivity contribution in [2.24, 2.45) is 5.92 Å². The van der Waals surface area contributed by atoms with Crippen LogP contribution in [0.2, 0.25) is 0 Å². The van der Waals surface area contributed by atoms with Crippen LogP contribution in [0.25, 0.3) is 0 Å². The van der Waals surface area contributed by atoms with Gasteiger partial charge in [0, 0.05) is 12.1 Å². The first-order valence-electron chi connectivity index (χ1n) is 7.37. The Bertz CT molecular complexity index is 417. The summed E-state index contributed by atoms with van der Waals surface area (Å²) in [4.78, 5) is 11.9. The summed E-state index contributed by atoms with van der Waals surface area (Å²) in [6.07, 6.45) is 5.07. The largest absolute Gasteiger partial charge is 0.326 e. The molecule has 112 valence electrons. The third-order valence-electron chi connectivity index (χ3n) is 3.86. The number of rotatable bonds is 5. The zero-order valence-electron chi connectivity index (χ0n) is 12.2. The number of hydrogen-bond acceptors (Lipinski definition) is 2. The van der Waals surface area contributed by atoms with Crippen LogP contribution in [0.1, 0.15) is 38.2 Å². The number of carbonyl (C=O) groups is 1. The van der Waals surface area contributed by atoms with Crippen LogP contribution < -0.4 is 10.6 Å². The summed E-state index contributed by atoms with van der Waals surface area (Å²) in [6.45, 7) is 4.33. The number of carbonyl (C=O) groups excluding carboxylic acids is 1. The Labute approximate surface area is 127 Å². The van der Waals surface area contributed by atoms with Crippen LogP contribution in [0.15, 0.2) is 24.3 Å². The fourth-order valence-corrected chi connectivity index (χ4v) is 2.60. The molecule has 1 aromatic carbocycles. The number of amides is 1. The molecule has 1 heterocycles. The molecule has 1 aliphatic rings. The third kappa shape index (κ3) is 5.51. The van der Waals surface area contributed by atoms with Gasteiger partial charge in [-0.1, -0.05) is 19.1 Å². The molecule has 1 saturated heterocycles. The fourth-order valence-electron chi connectivity index (χ4n) is 2.60. The van der Waals surface area contributed by atoms with Gasteiger partial charge in [-0.3, -0.25) is 4.79 Å². The Hall–Kier alpha value is -1.06. The van der Waals surface area contributed by atoms with E-state index in [9.17, 15) is 4.79 Å². The lowest BCUT2D eigenvalue weighted by molar-refractivity contribution is -0.116. The molecule has 3 nitrogen and oxygen atoms in total. The predicted molar refractivity (Wildman–Crippen MR) is 86.5 cm³/mol. The quantitative estimate of drug-likeness (QED) is 0.874. The van der Waals surface area contributed by atoms with E-state index in [0.29, 0.717) is 12.3 Å². The number of halogens is 1. The van der Waals surface area contributed by atoms with E-state index in [4.69, 9.17) is 0 Å². The highest BCUT2D eigenvalue weighted by Crippen LogP contribution is 2.18. The van der Waals surface area contributed by atoms with Gasteiger partial charge in [-0.2, -0.15) is 0 Å². The number of hydrogen-bond donors (Lipinski definition) is 2. The summed E-state index contributed by atoms with van der Waals surface area (Å²) >= 11 is 0. The highest BCUT2D eigenvalue weighted by Gasteiger charge is 2.14. The monoisotopic (exact) mass is 296 g/mol. The average molecular weight is 297 g/mol. The van der Waals surface area contributed by atoms with Crippen molar-refractivity contribution in [2.45, 2.75) is 39.0 Å². The zero-order valence-corrected chi connectivity index (χ0v) is 13.0. The number of piperidine rings is 1. The molecule has 1 aromatic rings. The van der Waals surface area contributed by atoms with Crippen molar-refractivity contribution in [2.75, 3.05) is 18.4 Å². The second kappa shape index (κ2) is 8.98. The molecule has 2 N–H and O–H groups in total. The van der Waals surface area contributed by atoms with Crippen molar-refractivity contribution in [3.05, 3.63) is 29.8 Å². The SMILES string of the molecule is CCc1cccc(NC(=O)CCC2CCNCC2)c1.Cl. The summed E-state index contributed by atoms with van der Waals surface area (Å²) < 4.78 is 0. The molecular formula is C16H25ClN2O. The van der Waals surface area contributed by atoms with E-state index < -0.39 is 0 Å². The Morgan fingerprint density at radius 1 is 1.35 bits per heavy atom. The number of benzene rings is 1. The van der Waals surface area contributed by atoms with Crippen LogP contribution in [0, 0.1) is 5.92 Å². The minimum absolute atomic E-state index is 0. The third-order valence-corrected chi connectivity index (χ3v) is 3.86. The Morgan fingerprint density at radius 2 is 2.10 bits per heavy atom. The lowest BCUT2D eigenvalue weighted by atomic mass is 9.93. The van der Waals surface area contributed by atoms with Crippen LogP contribution in [0.5, 0.6) is 0 Å². The molecule has 0 aromatic heterocycles. The summed E-state index contributed by atoms with van der Waals surface area (Å²) in [6, 6.07) is 8.11. The molecule has 0 aliphatic carbocycles. The van der Waals surface area contributed by atoms with E-state index in [-0.39, 0.29) is 18.3 Å². The van der Waals surface area contributed by atoms with Crippen LogP contribution in [-0.4, -0.2) is 19.0 Å². The summed E-state index contributed by atoms with van der Waals surface area (Å²) in [7, 11) is 0. The molecule has 2 rings (SSSR count). The standard InChI is InChI=1S/C16H24N2O.ClH/c1-2-13-4-3-5-15(12-13)18-16(19)7-6-14-8-10-17-11-9-14;/h3-5,12,14,17H,2,6-11H2,1H3,(H,18,19);1H. The van der Waals surface area contributed by atoms with Crippen molar-refractivity contribution in [3.8, 4) is 0 Å². The molecule has 0 atom stereocenters. The Kier molecular flexibility index (Phi) is 7.63. The molecule has 4 heteroatoms. The van der Waals surface area contributed by atoms with Crippen molar-refractivity contribution in [1.82, 2.24) is 5.32 Å². The molecule has 1 aliphatic heterocycles. The van der Waals surface area contributed by atoms with Crippen LogP contribution in [-0.2, 0) is 11.2 Å². The maximum absolute atomic E-state index is 11.9. The fraction of sp³-hybridized carbons (Fsp3) is 0.562. The molecule has 0 radical (unpaired) electrons. The predicted octanol–water partition coefficient (Wildman–Crippen LogP) is 3.39. The van der Waals surface area contributed by atoms with Gasteiger partial charge in [-0.05, 0) is 62.4 Å². The van der Waals surface area contributed by atoms with Gasteiger partial charge in [0.2, 0.25) is 5.91 Å². The van der Waals surface area contributed by atoms with E-state index in [1.807, 2.05) is 12.1 Å². The van der Waals surface area contributed by atoms with Gasteiger partial charge in [0.15, 0.2) is 0 Å². The van der Waals surface area contributed by atoms with E-state index in [2.05, 4.69) is 29.7 Å². The van der Waals surface area contributed by atoms with E-state index in [1.54, 1.807) is 0 Å². The van der Waals surface area contributed by atoms with E-state index >= 15 is 0 Å². The average Bonchev–Trinajstić information content (AvgIpc) is 2.46. The minimum Gasteiger partial charge on any atom is -0.326 e. The molecule has 20 heavy (non-hydrogen) atoms. The number of anilines is 1. The molecule has 0 bridgehead atoms. The second-order valence-electron chi connectivity index (χ2n) is 5.33. The molecule has 0 saturated carbocycles. The first-order chi connectivity index (χ1) is 9.28. The highest BCUT2D eigenvalue weighted by atomic mass is 35.5. The second-order valence-corrected chi connectivity index (χ2v) is 5.33. The summed E-state index contributed by atoms with van der Waals surface area (Å²) in [5.41, 5.74) is 2.19. The molecule has 1 fully saturated rings. The number of aryl methyl sites for hydroxylation is 1. The van der Waals surface area contributed by atoms with Crippen LogP contribution in [0.3, 0.4) is 0 Å². The van der Waals surface area contributed by atoms with E-state index in [1.165, 1.54) is 18.4 Å². The van der Waals surface area contributed by atoms with Crippen molar-refractivity contribution in [3.63, 3.8) is 0 Å². The van der Waals surface area contributed by atoms with Crippen molar-refractivity contribution in [1.29, 1.82) is 0 Å². The first-order valence-corrected chi connectivity index (χ1v) is 7.37. The zero-order chi connectivity index (χ0) is 13.5. The maximum atomic E-state index is 11.9. The lowest BCUT2D eigenvalue weighted by Crippen LogP contribution is -2.28. The van der Waals surface area contributed by atoms with Gasteiger partial charge in [-0.15, -0.1) is 12.4 Å². The normalized spacial score (nSPS) is 15.4. The maximum Gasteiger partial charge on any atom is 0.224 e. The first kappa shape index (κ1) is 17.0. The molecule has 1 amide bonds. The van der Waals surface area contributed by atoms with Gasteiger partial charge in [0.05, 0.1) is 0 Å². The van der Waals surface area contributed by atoms with Crippen LogP contribution in [0.4, 0.5) is 5.69 Å². The summed E-state index contributed by atoms with van der Waals surface area (Å²) in [5, 5.41) is 6.36. The Balaban J connectivity index is 0.00000200. The van der Waals surface area contributed by atoms with Gasteiger partial charge >= 0.3 is 0 Å². The van der Waals surface area contributed by atoms with Crippen LogP contribution >= 0.6 is 12.4 Å². The van der Waals surface area contributed by atoms with Gasteiger partial charge in [-0.25, -0.2) is 0 Å². The number of nitrogens with one attached hydrogen (secondary N) is 2. The smallest absolute Gasteiger partial charge is 0.224 e. The van der Waals surface area contributed by atoms with Crippen molar-refractivity contribution >= 4 is 24.0 Å². The minimum atomic E-state index is 0. The van der Waals surface area contributed by atoms with Gasteiger partial charge in [0.25, 0.3) is 0 Å². The molecular weight excluding hydrogens is 272 g/mol. The van der Waals surface area contributed by atoms with Crippen molar-refractivity contribution < 1.29 is 4.79 Å². The molecule has 0 unspecified atom stereocenters. The van der Waals surface area contributed by atoms with Gasteiger partial charge in [0.1, 0.15) is 0 Å². The topological polar surface area (TPSA) is 41.1 Å². The molecule has 0 spiro atoms. The highest BCUT2D eigenvalue weighted by molar-refractivity contribution is 5.90. The van der Waals surface area contributed by atoms with E-state index in [0.717, 1.165) is 31.6 Å². The lowest BCUT2D eigenvalue weighted by Gasteiger charge is -2.22. The van der Waals surface area contributed by atoms with Gasteiger partial charge < -0.3 is 10.6 Å².